The van der Waals surface area contributed by atoms with E-state index >= 15 is 0 Å². The largest absolute Gasteiger partial charge is 0.350 e. The van der Waals surface area contributed by atoms with Crippen LogP contribution in [0.5, 0.6) is 0 Å². The molecule has 3 aromatic rings. The quantitative estimate of drug-likeness (QED) is 0.371. The van der Waals surface area contributed by atoms with Crippen molar-refractivity contribution in [2.75, 3.05) is 16.8 Å². The van der Waals surface area contributed by atoms with E-state index in [0.29, 0.717) is 17.8 Å². The Morgan fingerprint density at radius 2 is 1.54 bits per heavy atom. The molecule has 0 saturated carbocycles. The van der Waals surface area contributed by atoms with Gasteiger partial charge in [0.05, 0.1) is 0 Å². The minimum absolute atomic E-state index is 0.141. The number of para-hydroxylation sites is 1. The number of carbonyl (C=O) groups excluding carboxylic acids is 3. The molecule has 39 heavy (non-hydrogen) atoms. The lowest BCUT2D eigenvalue weighted by Gasteiger charge is -2.29. The van der Waals surface area contributed by atoms with Crippen molar-refractivity contribution in [1.29, 1.82) is 0 Å². The third kappa shape index (κ3) is 6.85. The van der Waals surface area contributed by atoms with E-state index in [-0.39, 0.29) is 24.3 Å². The number of hydrogen-bond acceptors (Lipinski definition) is 3. The molecule has 0 aromatic heterocycles. The number of nitrogens with zero attached hydrogens (tertiary/aromatic N) is 1. The average Bonchev–Trinajstić information content (AvgIpc) is 3.01. The maximum atomic E-state index is 14.0. The van der Waals surface area contributed by atoms with E-state index in [1.54, 1.807) is 0 Å². The zero-order chi connectivity index (χ0) is 28.2. The molecule has 0 radical (unpaired) electrons. The Kier molecular flexibility index (Phi) is 8.38. The van der Waals surface area contributed by atoms with Crippen LogP contribution in [-0.4, -0.2) is 36.0 Å². The summed E-state index contributed by atoms with van der Waals surface area (Å²) in [5.74, 6) is -0.724. The summed E-state index contributed by atoms with van der Waals surface area (Å²) in [5, 5.41) is 8.78. The number of fused-ring (bicyclic) bond motifs is 1. The predicted molar refractivity (Wildman–Crippen MR) is 156 cm³/mol. The maximum Gasteiger partial charge on any atom is 0.319 e. The third-order valence-electron chi connectivity index (χ3n) is 7.40. The van der Waals surface area contributed by atoms with Gasteiger partial charge in [-0.05, 0) is 69.9 Å². The molecule has 0 aliphatic carbocycles. The number of rotatable bonds is 7. The number of aryl methyl sites for hydroxylation is 2. The molecule has 1 aliphatic heterocycles. The molecule has 2 atom stereocenters. The number of anilines is 2. The summed E-state index contributed by atoms with van der Waals surface area (Å²) in [6, 6.07) is 22.1. The average molecular weight is 527 g/mol. The highest BCUT2D eigenvalue weighted by Gasteiger charge is 2.37. The first-order chi connectivity index (χ1) is 18.6. The normalized spacial score (nSPS) is 17.2. The van der Waals surface area contributed by atoms with Crippen LogP contribution in [0.4, 0.5) is 16.2 Å². The van der Waals surface area contributed by atoms with Gasteiger partial charge in [-0.25, -0.2) is 4.79 Å². The second-order valence-corrected chi connectivity index (χ2v) is 11.0. The Labute approximate surface area is 231 Å². The lowest BCUT2D eigenvalue weighted by Crippen LogP contribution is -2.53. The molecule has 0 saturated heterocycles. The fraction of sp³-hybridized carbons (Fsp3) is 0.344. The molecule has 7 heteroatoms. The van der Waals surface area contributed by atoms with Crippen LogP contribution in [0.15, 0.2) is 72.8 Å². The van der Waals surface area contributed by atoms with Crippen LogP contribution in [-0.2, 0) is 9.59 Å². The maximum absolute atomic E-state index is 14.0. The summed E-state index contributed by atoms with van der Waals surface area (Å²) >= 11 is 0. The van der Waals surface area contributed by atoms with E-state index in [1.165, 1.54) is 4.90 Å². The van der Waals surface area contributed by atoms with E-state index in [2.05, 4.69) is 40.2 Å². The van der Waals surface area contributed by atoms with Crippen LogP contribution < -0.4 is 20.9 Å². The highest BCUT2D eigenvalue weighted by Crippen LogP contribution is 2.39. The SMILES string of the molecule is CCC(C)(C)NC(=O)CN1C(=O)C(NC(=O)Nc2ccc(C)cc2)CC(c2ccc(C)cc2)c2ccccc21. The number of benzene rings is 3. The molecule has 7 nitrogen and oxygen atoms in total. The molecule has 2 unspecified atom stereocenters. The number of carbonyl (C=O) groups is 3. The fourth-order valence-electron chi connectivity index (χ4n) is 4.81. The van der Waals surface area contributed by atoms with Crippen molar-refractivity contribution in [3.63, 3.8) is 0 Å². The van der Waals surface area contributed by atoms with Crippen molar-refractivity contribution < 1.29 is 14.4 Å². The molecule has 1 aliphatic rings. The Bertz CT molecular complexity index is 1330. The minimum atomic E-state index is -0.846. The van der Waals surface area contributed by atoms with Gasteiger partial charge >= 0.3 is 6.03 Å². The van der Waals surface area contributed by atoms with Crippen molar-refractivity contribution in [1.82, 2.24) is 10.6 Å². The topological polar surface area (TPSA) is 90.5 Å². The Morgan fingerprint density at radius 1 is 0.923 bits per heavy atom. The van der Waals surface area contributed by atoms with Gasteiger partial charge in [0.2, 0.25) is 11.8 Å². The highest BCUT2D eigenvalue weighted by atomic mass is 16.2. The molecule has 0 bridgehead atoms. The third-order valence-corrected chi connectivity index (χ3v) is 7.40. The van der Waals surface area contributed by atoms with Gasteiger partial charge in [-0.1, -0.05) is 72.6 Å². The van der Waals surface area contributed by atoms with Crippen LogP contribution >= 0.6 is 0 Å². The number of nitrogens with one attached hydrogen (secondary N) is 3. The van der Waals surface area contributed by atoms with Gasteiger partial charge in [0.1, 0.15) is 12.6 Å². The first kappa shape index (κ1) is 27.9. The van der Waals surface area contributed by atoms with E-state index in [1.807, 2.05) is 83.1 Å². The van der Waals surface area contributed by atoms with E-state index in [0.717, 1.165) is 28.7 Å². The fourth-order valence-corrected chi connectivity index (χ4v) is 4.81. The molecule has 3 aromatic carbocycles. The Balaban J connectivity index is 1.69. The van der Waals surface area contributed by atoms with E-state index in [4.69, 9.17) is 0 Å². The zero-order valence-corrected chi connectivity index (χ0v) is 23.4. The smallest absolute Gasteiger partial charge is 0.319 e. The monoisotopic (exact) mass is 526 g/mol. The van der Waals surface area contributed by atoms with Gasteiger partial charge in [-0.3, -0.25) is 9.59 Å². The van der Waals surface area contributed by atoms with Gasteiger partial charge in [0.15, 0.2) is 0 Å². The van der Waals surface area contributed by atoms with Crippen molar-refractivity contribution in [2.24, 2.45) is 0 Å². The van der Waals surface area contributed by atoms with Gasteiger partial charge in [0.25, 0.3) is 0 Å². The summed E-state index contributed by atoms with van der Waals surface area (Å²) in [5.41, 5.74) is 5.13. The molecule has 3 N–H and O–H groups in total. The molecule has 204 valence electrons. The van der Waals surface area contributed by atoms with Crippen LogP contribution in [0.3, 0.4) is 0 Å². The Hall–Kier alpha value is -4.13. The highest BCUT2D eigenvalue weighted by molar-refractivity contribution is 6.05. The first-order valence-corrected chi connectivity index (χ1v) is 13.5. The van der Waals surface area contributed by atoms with Crippen molar-refractivity contribution >= 4 is 29.2 Å². The summed E-state index contributed by atoms with van der Waals surface area (Å²) in [6.07, 6.45) is 1.11. The summed E-state index contributed by atoms with van der Waals surface area (Å²) in [6.45, 7) is 9.78. The number of hydrogen-bond donors (Lipinski definition) is 3. The molecule has 4 rings (SSSR count). The molecule has 0 fully saturated rings. The van der Waals surface area contributed by atoms with Crippen molar-refractivity contribution in [2.45, 2.75) is 65.0 Å². The molecule has 0 spiro atoms. The van der Waals surface area contributed by atoms with Gasteiger partial charge < -0.3 is 20.9 Å². The van der Waals surface area contributed by atoms with Crippen molar-refractivity contribution in [3.05, 3.63) is 95.1 Å². The van der Waals surface area contributed by atoms with E-state index in [9.17, 15) is 14.4 Å². The predicted octanol–water partition coefficient (Wildman–Crippen LogP) is 5.67. The summed E-state index contributed by atoms with van der Waals surface area (Å²) in [7, 11) is 0. The summed E-state index contributed by atoms with van der Waals surface area (Å²) < 4.78 is 0. The zero-order valence-electron chi connectivity index (χ0n) is 23.4. The lowest BCUT2D eigenvalue weighted by molar-refractivity contribution is -0.125. The van der Waals surface area contributed by atoms with Gasteiger partial charge in [0, 0.05) is 22.8 Å². The second kappa shape index (κ2) is 11.7. The summed E-state index contributed by atoms with van der Waals surface area (Å²) in [4.78, 5) is 41.8. The lowest BCUT2D eigenvalue weighted by atomic mass is 9.86. The van der Waals surface area contributed by atoms with Crippen molar-refractivity contribution in [3.8, 4) is 0 Å². The first-order valence-electron chi connectivity index (χ1n) is 13.5. The van der Waals surface area contributed by atoms with Gasteiger partial charge in [-0.15, -0.1) is 0 Å². The molecular formula is C32H38N4O3. The number of urea groups is 1. The van der Waals surface area contributed by atoms with Crippen LogP contribution in [0.1, 0.15) is 61.8 Å². The molecular weight excluding hydrogens is 488 g/mol. The standard InChI is InChI=1S/C32H38N4O3/c1-6-32(4,5)35-29(37)20-36-28-10-8-7-9-25(28)26(23-15-11-21(2)12-16-23)19-27(30(36)38)34-31(39)33-24-17-13-22(3)14-18-24/h7-18,26-27H,6,19-20H2,1-5H3,(H,35,37)(H2,33,34,39). The van der Waals surface area contributed by atoms with Crippen LogP contribution in [0.2, 0.25) is 0 Å². The number of amides is 4. The molecule has 1 heterocycles. The second-order valence-electron chi connectivity index (χ2n) is 11.0. The van der Waals surface area contributed by atoms with Gasteiger partial charge in [-0.2, -0.15) is 0 Å². The van der Waals surface area contributed by atoms with E-state index < -0.39 is 17.6 Å². The molecule has 4 amide bonds. The Morgan fingerprint density at radius 3 is 2.18 bits per heavy atom. The van der Waals surface area contributed by atoms with Crippen LogP contribution in [0.25, 0.3) is 0 Å². The minimum Gasteiger partial charge on any atom is -0.350 e. The van der Waals surface area contributed by atoms with Crippen LogP contribution in [0, 0.1) is 13.8 Å².